The van der Waals surface area contributed by atoms with Crippen molar-refractivity contribution in [2.75, 3.05) is 13.1 Å². The Morgan fingerprint density at radius 2 is 1.73 bits per heavy atom. The number of rotatable bonds is 4. The molecular formula is C13H18FN6NaO8S. The number of hydrogen-bond acceptors (Lipinski definition) is 8. The molecule has 30 heavy (non-hydrogen) atoms. The number of amides is 6. The minimum atomic E-state index is -5.17. The summed E-state index contributed by atoms with van der Waals surface area (Å²) in [5, 5.41) is 0.416. The number of hydrogen-bond donors (Lipinski definition) is 3. The fourth-order valence-electron chi connectivity index (χ4n) is 3.67. The van der Waals surface area contributed by atoms with Crippen LogP contribution in [0.4, 0.5) is 14.0 Å². The molecular weight excluding hydrogens is 442 g/mol. The largest absolute Gasteiger partial charge is 1.00 e. The first-order chi connectivity index (χ1) is 13.5. The fourth-order valence-corrected chi connectivity index (χ4v) is 4.05. The van der Waals surface area contributed by atoms with E-state index >= 15 is 0 Å². The molecule has 0 aromatic rings. The monoisotopic (exact) mass is 460 g/mol. The number of carbonyl (C=O) groups excluding carboxylic acids is 4. The van der Waals surface area contributed by atoms with Crippen LogP contribution in [-0.4, -0.2) is 89.1 Å². The summed E-state index contributed by atoms with van der Waals surface area (Å²) in [5.41, 5.74) is 9.26. The molecule has 3 aliphatic rings. The van der Waals surface area contributed by atoms with E-state index in [0.717, 1.165) is 9.80 Å². The van der Waals surface area contributed by atoms with Crippen molar-refractivity contribution in [1.82, 2.24) is 25.7 Å². The van der Waals surface area contributed by atoms with Gasteiger partial charge >= 0.3 is 41.6 Å². The van der Waals surface area contributed by atoms with Gasteiger partial charge in [0, 0.05) is 13.0 Å². The molecule has 3 saturated heterocycles. The Labute approximate surface area is 192 Å². The summed E-state index contributed by atoms with van der Waals surface area (Å²) in [6.45, 7) is -0.395. The quantitative estimate of drug-likeness (QED) is 0.160. The van der Waals surface area contributed by atoms with Gasteiger partial charge in [-0.05, 0) is 12.8 Å². The second kappa shape index (κ2) is 9.19. The predicted octanol–water partition coefficient (Wildman–Crippen LogP) is -5.71. The number of likely N-dealkylation sites (tertiary alicyclic amines) is 1. The number of piperidine rings is 1. The van der Waals surface area contributed by atoms with E-state index in [9.17, 15) is 36.5 Å². The number of halogens is 1. The molecule has 4 atom stereocenters. The number of hydroxylamine groups is 2. The van der Waals surface area contributed by atoms with Crippen LogP contribution in [0.5, 0.6) is 0 Å². The number of carbonyl (C=O) groups is 4. The molecule has 3 aliphatic heterocycles. The van der Waals surface area contributed by atoms with E-state index in [2.05, 4.69) is 15.1 Å². The summed E-state index contributed by atoms with van der Waals surface area (Å²) >= 11 is 0. The van der Waals surface area contributed by atoms with E-state index in [1.54, 1.807) is 0 Å². The molecule has 0 aromatic heterocycles. The van der Waals surface area contributed by atoms with Crippen LogP contribution in [-0.2, 0) is 24.3 Å². The Bertz CT molecular complexity index is 845. The number of alkyl halides is 1. The van der Waals surface area contributed by atoms with Crippen molar-refractivity contribution in [2.24, 2.45) is 5.73 Å². The normalized spacial score (nSPS) is 28.2. The molecule has 17 heteroatoms. The summed E-state index contributed by atoms with van der Waals surface area (Å²) < 4.78 is 49.9. The standard InChI is InChI=1S/C13H19FN6O8S.Na/c14-6-3-9(18(4-6)12(15)23)11(22)17-16-10(21)8-2-1-7-5-19(8)13(24)20(7)28-29(25,26)27;/h6-9H,1-5H2,(H2,15,23)(H,16,21)(H,17,22)(H,25,26,27);/q;+1/p-1/t6-,7-,8-,9-;/m0./s1. The molecule has 6 amide bonds. The van der Waals surface area contributed by atoms with Crippen molar-refractivity contribution >= 4 is 34.3 Å². The van der Waals surface area contributed by atoms with E-state index in [4.69, 9.17) is 5.73 Å². The van der Waals surface area contributed by atoms with Gasteiger partial charge in [0.2, 0.25) is 10.4 Å². The summed E-state index contributed by atoms with van der Waals surface area (Å²) in [4.78, 5) is 49.9. The van der Waals surface area contributed by atoms with E-state index in [1.165, 1.54) is 0 Å². The first-order valence-electron chi connectivity index (χ1n) is 8.53. The number of fused-ring (bicyclic) bond motifs is 2. The number of primary amides is 1. The first-order valence-corrected chi connectivity index (χ1v) is 9.86. The average molecular weight is 460 g/mol. The molecule has 0 unspecified atom stereocenters. The van der Waals surface area contributed by atoms with Crippen LogP contribution < -0.4 is 46.1 Å². The van der Waals surface area contributed by atoms with Gasteiger partial charge in [-0.3, -0.25) is 20.4 Å². The molecule has 0 saturated carbocycles. The maximum absolute atomic E-state index is 13.5. The van der Waals surface area contributed by atoms with Crippen molar-refractivity contribution in [3.63, 3.8) is 0 Å². The van der Waals surface area contributed by atoms with Gasteiger partial charge in [-0.2, -0.15) is 9.35 Å². The van der Waals surface area contributed by atoms with Crippen molar-refractivity contribution in [2.45, 2.75) is 43.6 Å². The van der Waals surface area contributed by atoms with E-state index < -0.39 is 58.6 Å². The van der Waals surface area contributed by atoms with Gasteiger partial charge in [0.05, 0.1) is 12.6 Å². The summed E-state index contributed by atoms with van der Waals surface area (Å²) in [5.74, 6) is -1.65. The van der Waals surface area contributed by atoms with Crippen molar-refractivity contribution in [3.8, 4) is 0 Å². The zero-order valence-corrected chi connectivity index (χ0v) is 18.6. The maximum atomic E-state index is 13.5. The fraction of sp³-hybridized carbons (Fsp3) is 0.692. The first kappa shape index (κ1) is 24.5. The van der Waals surface area contributed by atoms with Crippen molar-refractivity contribution in [3.05, 3.63) is 0 Å². The van der Waals surface area contributed by atoms with Crippen LogP contribution >= 0.6 is 0 Å². The van der Waals surface area contributed by atoms with Gasteiger partial charge in [0.25, 0.3) is 11.8 Å². The van der Waals surface area contributed by atoms with Crippen LogP contribution in [0.2, 0.25) is 0 Å². The van der Waals surface area contributed by atoms with Gasteiger partial charge in [-0.15, -0.1) is 0 Å². The van der Waals surface area contributed by atoms with Crippen LogP contribution in [0.1, 0.15) is 19.3 Å². The van der Waals surface area contributed by atoms with Crippen LogP contribution in [0.25, 0.3) is 0 Å². The zero-order chi connectivity index (χ0) is 21.5. The Balaban J connectivity index is 0.00000320. The molecule has 0 aromatic carbocycles. The molecule has 3 heterocycles. The molecule has 162 valence electrons. The van der Waals surface area contributed by atoms with Crippen molar-refractivity contribution < 1.29 is 70.4 Å². The summed E-state index contributed by atoms with van der Waals surface area (Å²) in [6, 6.07) is -4.93. The minimum Gasteiger partial charge on any atom is -0.724 e. The molecule has 4 N–H and O–H groups in total. The van der Waals surface area contributed by atoms with E-state index in [0.29, 0.717) is 5.06 Å². The summed E-state index contributed by atoms with van der Waals surface area (Å²) in [7, 11) is -5.17. The molecule has 2 bridgehead atoms. The van der Waals surface area contributed by atoms with Crippen LogP contribution in [0, 0.1) is 0 Å². The average Bonchev–Trinajstić information content (AvgIpc) is 3.13. The Kier molecular flexibility index (Phi) is 7.52. The Morgan fingerprint density at radius 1 is 1.13 bits per heavy atom. The van der Waals surface area contributed by atoms with Crippen LogP contribution in [0.15, 0.2) is 0 Å². The number of urea groups is 2. The van der Waals surface area contributed by atoms with Gasteiger partial charge in [-0.1, -0.05) is 0 Å². The van der Waals surface area contributed by atoms with Gasteiger partial charge in [0.15, 0.2) is 0 Å². The second-order valence-electron chi connectivity index (χ2n) is 6.81. The van der Waals surface area contributed by atoms with Crippen LogP contribution in [0.3, 0.4) is 0 Å². The number of nitrogens with zero attached hydrogens (tertiary/aromatic N) is 3. The maximum Gasteiger partial charge on any atom is 1.00 e. The molecule has 3 rings (SSSR count). The smallest absolute Gasteiger partial charge is 0.724 e. The van der Waals surface area contributed by atoms with Gasteiger partial charge < -0.3 is 20.1 Å². The number of hydrazine groups is 1. The molecule has 3 fully saturated rings. The van der Waals surface area contributed by atoms with Crippen molar-refractivity contribution in [1.29, 1.82) is 0 Å². The second-order valence-corrected chi connectivity index (χ2v) is 7.77. The topological polar surface area (TPSA) is 195 Å². The third kappa shape index (κ3) is 5.12. The predicted molar refractivity (Wildman–Crippen MR) is 87.4 cm³/mol. The Hall–Kier alpha value is -1.72. The molecule has 0 spiro atoms. The Morgan fingerprint density at radius 3 is 2.30 bits per heavy atom. The summed E-state index contributed by atoms with van der Waals surface area (Å²) in [6.07, 6.45) is -1.43. The third-order valence-electron chi connectivity index (χ3n) is 4.94. The molecule has 14 nitrogen and oxygen atoms in total. The van der Waals surface area contributed by atoms with E-state index in [1.807, 2.05) is 0 Å². The molecule has 0 aliphatic carbocycles. The van der Waals surface area contributed by atoms with E-state index in [-0.39, 0.29) is 61.9 Å². The third-order valence-corrected chi connectivity index (χ3v) is 5.28. The van der Waals surface area contributed by atoms with Gasteiger partial charge in [-0.25, -0.2) is 22.4 Å². The minimum absolute atomic E-state index is 0. The zero-order valence-electron chi connectivity index (χ0n) is 15.8. The number of nitrogens with one attached hydrogen (secondary N) is 2. The van der Waals surface area contributed by atoms with Gasteiger partial charge in [0.1, 0.15) is 18.3 Å². The molecule has 0 radical (unpaired) electrons. The number of nitrogens with two attached hydrogens (primary N) is 1. The SMILES string of the molecule is NC(=O)N1C[C@@H](F)C[C@H]1C(=O)NNC(=O)[C@@H]1CC[C@H]2CN1C(=O)N2OS(=O)(=O)[O-].[Na+].